The first-order valence-electron chi connectivity index (χ1n) is 15.1. The smallest absolute Gasteiger partial charge is 0.306 e. The molecule has 0 fully saturated rings. The predicted octanol–water partition coefficient (Wildman–Crippen LogP) is 11.5. The molecule has 0 aromatic heterocycles. The van der Waals surface area contributed by atoms with E-state index in [1.165, 1.54) is 28.3 Å². The monoisotopic (exact) mass is 626 g/mol. The molecule has 5 aromatic carbocycles. The van der Waals surface area contributed by atoms with E-state index < -0.39 is 40.2 Å². The van der Waals surface area contributed by atoms with Gasteiger partial charge in [-0.2, -0.15) is 18.4 Å². The summed E-state index contributed by atoms with van der Waals surface area (Å²) in [5.74, 6) is -3.29. The maximum atomic E-state index is 15.1. The number of anilines is 3. The van der Waals surface area contributed by atoms with Crippen LogP contribution >= 0.6 is 0 Å². The van der Waals surface area contributed by atoms with Gasteiger partial charge in [-0.1, -0.05) is 98.8 Å². The fourth-order valence-corrected chi connectivity index (χ4v) is 5.64. The molecule has 236 valence electrons. The first kappa shape index (κ1) is 33.9. The van der Waals surface area contributed by atoms with Gasteiger partial charge in [0.15, 0.2) is 11.6 Å². The number of nitriles is 1. The zero-order valence-electron chi connectivity index (χ0n) is 26.4. The van der Waals surface area contributed by atoms with Gasteiger partial charge in [-0.3, -0.25) is 0 Å². The Morgan fingerprint density at radius 3 is 1.54 bits per heavy atom. The van der Waals surface area contributed by atoms with Crippen molar-refractivity contribution in [1.82, 2.24) is 0 Å². The number of hydrogen-bond donors (Lipinski definition) is 0. The minimum atomic E-state index is -5.00. The van der Waals surface area contributed by atoms with Crippen molar-refractivity contribution in [3.8, 4) is 6.07 Å². The fraction of sp³-hybridized carbons (Fsp3) is 0.205. The van der Waals surface area contributed by atoms with Crippen molar-refractivity contribution >= 4 is 17.1 Å². The Morgan fingerprint density at radius 2 is 1.11 bits per heavy atom. The molecular formula is C39H35F5N2. The number of halogens is 5. The molecule has 0 saturated heterocycles. The SMILES string of the molecule is CC.Cc1c(C#N)c(F)c(F)c(N2c3ccccc3Cc3ccccc32)c1C(F)(F)F.Cc1ccccc1Cc1ccccc1C. The Bertz CT molecular complexity index is 1800. The van der Waals surface area contributed by atoms with Gasteiger partial charge < -0.3 is 4.90 Å². The van der Waals surface area contributed by atoms with Crippen LogP contribution in [-0.2, 0) is 19.0 Å². The number of rotatable bonds is 3. The molecule has 0 unspecified atom stereocenters. The molecule has 0 bridgehead atoms. The van der Waals surface area contributed by atoms with Crippen LogP contribution in [-0.4, -0.2) is 0 Å². The van der Waals surface area contributed by atoms with Gasteiger partial charge in [0.05, 0.1) is 16.8 Å². The highest BCUT2D eigenvalue weighted by Crippen LogP contribution is 2.50. The van der Waals surface area contributed by atoms with E-state index in [0.717, 1.165) is 18.2 Å². The van der Waals surface area contributed by atoms with E-state index in [2.05, 4.69) is 62.4 Å². The second-order valence-corrected chi connectivity index (χ2v) is 10.8. The number of nitrogens with zero attached hydrogens (tertiary/aromatic N) is 2. The first-order valence-corrected chi connectivity index (χ1v) is 15.1. The lowest BCUT2D eigenvalue weighted by atomic mass is 9.92. The molecular weight excluding hydrogens is 591 g/mol. The van der Waals surface area contributed by atoms with Gasteiger partial charge in [-0.15, -0.1) is 0 Å². The Labute approximate surface area is 267 Å². The Balaban J connectivity index is 0.000000237. The van der Waals surface area contributed by atoms with Crippen LogP contribution in [0.25, 0.3) is 0 Å². The summed E-state index contributed by atoms with van der Waals surface area (Å²) < 4.78 is 71.8. The fourth-order valence-electron chi connectivity index (χ4n) is 5.64. The zero-order chi connectivity index (χ0) is 33.6. The normalized spacial score (nSPS) is 11.6. The molecule has 5 aromatic rings. The second kappa shape index (κ2) is 14.4. The van der Waals surface area contributed by atoms with Crippen molar-refractivity contribution in [3.05, 3.63) is 159 Å². The van der Waals surface area contributed by atoms with Crippen LogP contribution < -0.4 is 4.90 Å². The highest BCUT2D eigenvalue weighted by atomic mass is 19.4. The van der Waals surface area contributed by atoms with E-state index in [0.29, 0.717) is 28.9 Å². The number of fused-ring (bicyclic) bond motifs is 2. The van der Waals surface area contributed by atoms with Gasteiger partial charge in [-0.05, 0) is 78.3 Å². The highest BCUT2D eigenvalue weighted by Gasteiger charge is 2.43. The Morgan fingerprint density at radius 1 is 0.674 bits per heavy atom. The third-order valence-electron chi connectivity index (χ3n) is 7.98. The number of benzene rings is 5. The zero-order valence-corrected chi connectivity index (χ0v) is 26.4. The van der Waals surface area contributed by atoms with E-state index in [9.17, 15) is 17.6 Å². The summed E-state index contributed by atoms with van der Waals surface area (Å²) >= 11 is 0. The van der Waals surface area contributed by atoms with Gasteiger partial charge in [0.25, 0.3) is 0 Å². The van der Waals surface area contributed by atoms with Crippen LogP contribution in [0.5, 0.6) is 0 Å². The van der Waals surface area contributed by atoms with E-state index in [1.54, 1.807) is 48.5 Å². The van der Waals surface area contributed by atoms with Crippen LogP contribution in [0.15, 0.2) is 97.1 Å². The summed E-state index contributed by atoms with van der Waals surface area (Å²) in [5, 5.41) is 9.09. The average Bonchev–Trinajstić information content (AvgIpc) is 3.05. The quantitative estimate of drug-likeness (QED) is 0.183. The summed E-state index contributed by atoms with van der Waals surface area (Å²) in [4.78, 5) is 1.10. The third kappa shape index (κ3) is 6.82. The average molecular weight is 627 g/mol. The standard InChI is InChI=1S/C22H13F5N2.C15H16.C2H6/c1-12-15(11-28)19(23)20(24)21(18(12)22(25,26)27)29-16-8-4-2-6-13(16)10-14-7-3-5-9-17(14)29;1-12-7-3-5-9-14(12)11-15-10-6-4-8-13(15)2;1-2/h2-9H,10H2,1H3;3-10H,11H2,1-2H3;1-2H3. The van der Waals surface area contributed by atoms with Crippen LogP contribution in [0.4, 0.5) is 39.0 Å². The largest absolute Gasteiger partial charge is 0.418 e. The van der Waals surface area contributed by atoms with Gasteiger partial charge in [0.2, 0.25) is 0 Å². The summed E-state index contributed by atoms with van der Waals surface area (Å²) in [6.07, 6.45) is -3.51. The molecule has 0 spiro atoms. The first-order chi connectivity index (χ1) is 22.0. The summed E-state index contributed by atoms with van der Waals surface area (Å²) in [6, 6.07) is 31.8. The maximum absolute atomic E-state index is 15.1. The molecule has 6 rings (SSSR count). The molecule has 7 heteroatoms. The predicted molar refractivity (Wildman–Crippen MR) is 175 cm³/mol. The molecule has 46 heavy (non-hydrogen) atoms. The lowest BCUT2D eigenvalue weighted by Gasteiger charge is -2.35. The summed E-state index contributed by atoms with van der Waals surface area (Å²) in [5.41, 5.74) is 3.73. The molecule has 2 nitrogen and oxygen atoms in total. The minimum absolute atomic E-state index is 0.333. The molecule has 1 aliphatic rings. The topological polar surface area (TPSA) is 27.0 Å². The van der Waals surface area contributed by atoms with Crippen LogP contribution in [0.3, 0.4) is 0 Å². The van der Waals surface area contributed by atoms with Crippen molar-refractivity contribution in [1.29, 1.82) is 5.26 Å². The lowest BCUT2D eigenvalue weighted by Crippen LogP contribution is -2.25. The highest BCUT2D eigenvalue weighted by molar-refractivity contribution is 5.86. The van der Waals surface area contributed by atoms with Gasteiger partial charge in [0.1, 0.15) is 6.07 Å². The molecule has 0 N–H and O–H groups in total. The van der Waals surface area contributed by atoms with Crippen LogP contribution in [0, 0.1) is 43.7 Å². The maximum Gasteiger partial charge on any atom is 0.418 e. The van der Waals surface area contributed by atoms with Gasteiger partial charge >= 0.3 is 6.18 Å². The number of para-hydroxylation sites is 2. The molecule has 0 atom stereocenters. The summed E-state index contributed by atoms with van der Waals surface area (Å²) in [6.45, 7) is 9.33. The molecule has 0 amide bonds. The van der Waals surface area contributed by atoms with Crippen LogP contribution in [0.2, 0.25) is 0 Å². The minimum Gasteiger partial charge on any atom is -0.306 e. The van der Waals surface area contributed by atoms with E-state index in [1.807, 2.05) is 13.8 Å². The van der Waals surface area contributed by atoms with Gasteiger partial charge in [-0.25, -0.2) is 8.78 Å². The van der Waals surface area contributed by atoms with Gasteiger partial charge in [0, 0.05) is 17.8 Å². The van der Waals surface area contributed by atoms with Crippen molar-refractivity contribution in [2.75, 3.05) is 4.90 Å². The number of alkyl halides is 3. The lowest BCUT2D eigenvalue weighted by molar-refractivity contribution is -0.137. The summed E-state index contributed by atoms with van der Waals surface area (Å²) in [7, 11) is 0. The van der Waals surface area contributed by atoms with Crippen molar-refractivity contribution in [2.45, 2.75) is 53.6 Å². The van der Waals surface area contributed by atoms with Crippen LogP contribution in [0.1, 0.15) is 63.9 Å². The van der Waals surface area contributed by atoms with E-state index in [-0.39, 0.29) is 0 Å². The third-order valence-corrected chi connectivity index (χ3v) is 7.98. The number of aryl methyl sites for hydroxylation is 2. The number of hydrogen-bond acceptors (Lipinski definition) is 2. The molecule has 0 saturated carbocycles. The van der Waals surface area contributed by atoms with Crippen molar-refractivity contribution in [2.24, 2.45) is 0 Å². The van der Waals surface area contributed by atoms with Crippen molar-refractivity contribution in [3.63, 3.8) is 0 Å². The molecule has 0 radical (unpaired) electrons. The van der Waals surface area contributed by atoms with E-state index >= 15 is 4.39 Å². The molecule has 1 aliphatic heterocycles. The Kier molecular flexibility index (Phi) is 10.6. The second-order valence-electron chi connectivity index (χ2n) is 10.8. The van der Waals surface area contributed by atoms with Crippen molar-refractivity contribution < 1.29 is 22.0 Å². The molecule has 0 aliphatic carbocycles. The molecule has 1 heterocycles. The van der Waals surface area contributed by atoms with E-state index in [4.69, 9.17) is 5.26 Å². The Hall–Kier alpha value is -4.96.